The Bertz CT molecular complexity index is 1240. The fourth-order valence-electron chi connectivity index (χ4n) is 3.73. The molecule has 1 atom stereocenters. The number of rotatable bonds is 5. The van der Waals surface area contributed by atoms with Crippen LogP contribution in [0.4, 0.5) is 11.4 Å². The molecular weight excluding hydrogens is 422 g/mol. The van der Waals surface area contributed by atoms with Crippen molar-refractivity contribution in [2.24, 2.45) is 0 Å². The average molecular weight is 443 g/mol. The van der Waals surface area contributed by atoms with Crippen molar-refractivity contribution < 1.29 is 24.2 Å². The number of hydrogen-bond donors (Lipinski definition) is 2. The zero-order valence-electron chi connectivity index (χ0n) is 18.0. The maximum atomic E-state index is 13.1. The molecule has 1 fully saturated rings. The van der Waals surface area contributed by atoms with Crippen molar-refractivity contribution in [2.45, 2.75) is 13.0 Å². The molecule has 0 aliphatic carbocycles. The number of carbonyl (C=O) groups excluding carboxylic acids is 3. The first kappa shape index (κ1) is 21.8. The maximum absolute atomic E-state index is 13.1. The molecule has 1 aliphatic heterocycles. The van der Waals surface area contributed by atoms with E-state index in [0.717, 1.165) is 0 Å². The molecule has 4 rings (SSSR count). The molecule has 8 heteroatoms. The number of aliphatic hydroxyl groups is 1. The molecule has 3 aromatic rings. The molecule has 8 nitrogen and oxygen atoms in total. The van der Waals surface area contributed by atoms with Crippen LogP contribution in [0.15, 0.2) is 78.5 Å². The average Bonchev–Trinajstić information content (AvgIpc) is 3.10. The first-order valence-electron chi connectivity index (χ1n) is 10.1. The molecule has 2 heterocycles. The summed E-state index contributed by atoms with van der Waals surface area (Å²) in [5.41, 5.74) is 1.72. The molecule has 0 radical (unpaired) electrons. The molecule has 0 spiro atoms. The number of amides is 2. The smallest absolute Gasteiger partial charge is 0.300 e. The summed E-state index contributed by atoms with van der Waals surface area (Å²) in [4.78, 5) is 43.2. The third-order valence-electron chi connectivity index (χ3n) is 5.24. The van der Waals surface area contributed by atoms with Crippen LogP contribution in [0.5, 0.6) is 5.75 Å². The van der Waals surface area contributed by atoms with Crippen molar-refractivity contribution in [1.29, 1.82) is 0 Å². The van der Waals surface area contributed by atoms with Gasteiger partial charge in [0, 0.05) is 30.1 Å². The molecule has 1 saturated heterocycles. The summed E-state index contributed by atoms with van der Waals surface area (Å²) < 4.78 is 5.15. The van der Waals surface area contributed by atoms with Gasteiger partial charge < -0.3 is 15.2 Å². The fraction of sp³-hybridized carbons (Fsp3) is 0.120. The number of ketones is 1. The molecule has 2 aromatic carbocycles. The molecule has 33 heavy (non-hydrogen) atoms. The zero-order valence-corrected chi connectivity index (χ0v) is 18.0. The van der Waals surface area contributed by atoms with Crippen LogP contribution in [0.1, 0.15) is 24.2 Å². The number of nitrogens with zero attached hydrogens (tertiary/aromatic N) is 2. The molecule has 2 amide bonds. The van der Waals surface area contributed by atoms with Gasteiger partial charge in [0.1, 0.15) is 17.6 Å². The highest BCUT2D eigenvalue weighted by Crippen LogP contribution is 2.41. The SMILES string of the molecule is COc1ccc(/C(O)=C2/C(=O)C(=O)N(c3ccc(NC(C)=O)cc3)C2c2ccccn2)cc1. The van der Waals surface area contributed by atoms with Crippen molar-refractivity contribution in [3.8, 4) is 5.75 Å². The predicted octanol–water partition coefficient (Wildman–Crippen LogP) is 3.67. The molecule has 166 valence electrons. The standard InChI is InChI=1S/C25H21N3O5/c1-15(29)27-17-8-10-18(11-9-17)28-22(20-5-3-4-14-26-20)21(24(31)25(28)32)23(30)16-6-12-19(33-2)13-7-16/h3-14,22,30H,1-2H3,(H,27,29)/b23-21-. The van der Waals surface area contributed by atoms with Crippen molar-refractivity contribution in [1.82, 2.24) is 4.98 Å². The molecule has 1 aliphatic rings. The van der Waals surface area contributed by atoms with E-state index in [1.165, 1.54) is 18.9 Å². The monoisotopic (exact) mass is 443 g/mol. The van der Waals surface area contributed by atoms with Crippen LogP contribution in [0, 0.1) is 0 Å². The molecule has 2 N–H and O–H groups in total. The maximum Gasteiger partial charge on any atom is 0.300 e. The van der Waals surface area contributed by atoms with Gasteiger partial charge in [-0.15, -0.1) is 0 Å². The Morgan fingerprint density at radius 3 is 2.30 bits per heavy atom. The second-order valence-corrected chi connectivity index (χ2v) is 7.38. The van der Waals surface area contributed by atoms with Gasteiger partial charge in [0.25, 0.3) is 11.7 Å². The van der Waals surface area contributed by atoms with Crippen LogP contribution < -0.4 is 15.0 Å². The number of nitrogens with one attached hydrogen (secondary N) is 1. The number of aliphatic hydroxyl groups excluding tert-OH is 1. The second-order valence-electron chi connectivity index (χ2n) is 7.38. The number of benzene rings is 2. The highest BCUT2D eigenvalue weighted by molar-refractivity contribution is 6.51. The molecule has 0 bridgehead atoms. The molecular formula is C25H21N3O5. The fourth-order valence-corrected chi connectivity index (χ4v) is 3.73. The number of hydrogen-bond acceptors (Lipinski definition) is 6. The van der Waals surface area contributed by atoms with E-state index in [9.17, 15) is 19.5 Å². The van der Waals surface area contributed by atoms with Crippen LogP contribution in [-0.4, -0.2) is 34.8 Å². The highest BCUT2D eigenvalue weighted by Gasteiger charge is 2.47. The van der Waals surface area contributed by atoms with E-state index in [4.69, 9.17) is 4.74 Å². The number of methoxy groups -OCH3 is 1. The summed E-state index contributed by atoms with van der Waals surface area (Å²) >= 11 is 0. The largest absolute Gasteiger partial charge is 0.507 e. The molecule has 1 unspecified atom stereocenters. The minimum Gasteiger partial charge on any atom is -0.507 e. The van der Waals surface area contributed by atoms with Gasteiger partial charge in [-0.1, -0.05) is 6.07 Å². The number of aromatic nitrogens is 1. The summed E-state index contributed by atoms with van der Waals surface area (Å²) in [5, 5.41) is 13.7. The van der Waals surface area contributed by atoms with Gasteiger partial charge in [-0.2, -0.15) is 0 Å². The quantitative estimate of drug-likeness (QED) is 0.354. The summed E-state index contributed by atoms with van der Waals surface area (Å²) in [7, 11) is 1.53. The van der Waals surface area contributed by atoms with Gasteiger partial charge >= 0.3 is 0 Å². The van der Waals surface area contributed by atoms with E-state index in [1.807, 2.05) is 0 Å². The molecule has 1 aromatic heterocycles. The number of pyridine rings is 1. The Labute approximate surface area is 190 Å². The Balaban J connectivity index is 1.84. The van der Waals surface area contributed by atoms with E-state index in [2.05, 4.69) is 10.3 Å². The first-order chi connectivity index (χ1) is 15.9. The number of Topliss-reactive ketones (excluding diaryl/α,β-unsaturated/α-hetero) is 1. The van der Waals surface area contributed by atoms with Crippen LogP contribution in [0.2, 0.25) is 0 Å². The summed E-state index contributed by atoms with van der Waals surface area (Å²) in [5.74, 6) is -1.54. The van der Waals surface area contributed by atoms with Crippen molar-refractivity contribution in [3.05, 3.63) is 89.8 Å². The lowest BCUT2D eigenvalue weighted by Gasteiger charge is -2.24. The lowest BCUT2D eigenvalue weighted by molar-refractivity contribution is -0.132. The Hall–Kier alpha value is -4.46. The lowest BCUT2D eigenvalue weighted by Crippen LogP contribution is -2.29. The van der Waals surface area contributed by atoms with E-state index in [1.54, 1.807) is 72.9 Å². The van der Waals surface area contributed by atoms with Gasteiger partial charge in [0.15, 0.2) is 0 Å². The third kappa shape index (κ3) is 4.18. The van der Waals surface area contributed by atoms with Crippen molar-refractivity contribution in [2.75, 3.05) is 17.3 Å². The first-order valence-corrected chi connectivity index (χ1v) is 10.1. The third-order valence-corrected chi connectivity index (χ3v) is 5.24. The van der Waals surface area contributed by atoms with Crippen LogP contribution >= 0.6 is 0 Å². The summed E-state index contributed by atoms with van der Waals surface area (Å²) in [6.45, 7) is 1.40. The second kappa shape index (κ2) is 8.96. The van der Waals surface area contributed by atoms with E-state index >= 15 is 0 Å². The number of ether oxygens (including phenoxy) is 1. The van der Waals surface area contributed by atoms with Crippen LogP contribution in [-0.2, 0) is 14.4 Å². The van der Waals surface area contributed by atoms with E-state index < -0.39 is 17.7 Å². The van der Waals surface area contributed by atoms with E-state index in [0.29, 0.717) is 28.4 Å². The normalized spacial score (nSPS) is 17.2. The zero-order chi connectivity index (χ0) is 23.5. The van der Waals surface area contributed by atoms with Crippen molar-refractivity contribution >= 4 is 34.7 Å². The number of anilines is 2. The Morgan fingerprint density at radius 2 is 1.73 bits per heavy atom. The minimum atomic E-state index is -0.931. The topological polar surface area (TPSA) is 109 Å². The Kier molecular flexibility index (Phi) is 5.91. The van der Waals surface area contributed by atoms with Gasteiger partial charge in [-0.3, -0.25) is 24.3 Å². The lowest BCUT2D eigenvalue weighted by atomic mass is 9.98. The van der Waals surface area contributed by atoms with Crippen molar-refractivity contribution in [3.63, 3.8) is 0 Å². The summed E-state index contributed by atoms with van der Waals surface area (Å²) in [6, 6.07) is 17.3. The van der Waals surface area contributed by atoms with Gasteiger partial charge in [-0.25, -0.2) is 0 Å². The number of carbonyl (C=O) groups is 3. The Morgan fingerprint density at radius 1 is 1.03 bits per heavy atom. The van der Waals surface area contributed by atoms with Gasteiger partial charge in [0.2, 0.25) is 5.91 Å². The highest BCUT2D eigenvalue weighted by atomic mass is 16.5. The van der Waals surface area contributed by atoms with Crippen LogP contribution in [0.25, 0.3) is 5.76 Å². The van der Waals surface area contributed by atoms with Gasteiger partial charge in [-0.05, 0) is 60.7 Å². The predicted molar refractivity (Wildman–Crippen MR) is 123 cm³/mol. The minimum absolute atomic E-state index is 0.0604. The van der Waals surface area contributed by atoms with Crippen LogP contribution in [0.3, 0.4) is 0 Å². The van der Waals surface area contributed by atoms with Gasteiger partial charge in [0.05, 0.1) is 18.4 Å². The molecule has 0 saturated carbocycles. The van der Waals surface area contributed by atoms with E-state index in [-0.39, 0.29) is 17.2 Å². The summed E-state index contributed by atoms with van der Waals surface area (Å²) in [6.07, 6.45) is 1.56.